The summed E-state index contributed by atoms with van der Waals surface area (Å²) in [6.45, 7) is 0. The molecule has 156 valence electrons. The van der Waals surface area contributed by atoms with E-state index in [0.717, 1.165) is 25.7 Å². The summed E-state index contributed by atoms with van der Waals surface area (Å²) in [5.74, 6) is -0.288. The number of ether oxygens (including phenoxy) is 3. The van der Waals surface area contributed by atoms with E-state index in [9.17, 15) is 14.4 Å². The minimum atomic E-state index is -0.936. The smallest absolute Gasteiger partial charge is 0.344 e. The van der Waals surface area contributed by atoms with Crippen LogP contribution in [0.2, 0.25) is 0 Å². The van der Waals surface area contributed by atoms with Crippen molar-refractivity contribution in [2.24, 2.45) is 0 Å². The maximum atomic E-state index is 13.0. The highest BCUT2D eigenvalue weighted by atomic mass is 16.6. The van der Waals surface area contributed by atoms with E-state index in [1.165, 1.54) is 25.5 Å². The van der Waals surface area contributed by atoms with Crippen LogP contribution in [0.25, 0.3) is 0 Å². The number of rotatable bonds is 5. The fourth-order valence-electron chi connectivity index (χ4n) is 4.59. The van der Waals surface area contributed by atoms with Crippen LogP contribution in [-0.2, 0) is 14.3 Å². The SMILES string of the molecule is COc1ccc2c(c1OC)C(=O)OC2N1C(=O)CC[C@H]1C(=O)NC1CCCCC1. The molecule has 0 bridgehead atoms. The third-order valence-corrected chi connectivity index (χ3v) is 6.03. The topological polar surface area (TPSA) is 94.2 Å². The number of amides is 2. The fourth-order valence-corrected chi connectivity index (χ4v) is 4.59. The Labute approximate surface area is 169 Å². The predicted octanol–water partition coefficient (Wildman–Crippen LogP) is 2.31. The van der Waals surface area contributed by atoms with E-state index >= 15 is 0 Å². The maximum Gasteiger partial charge on any atom is 0.344 e. The molecule has 2 heterocycles. The molecule has 1 aliphatic carbocycles. The molecule has 0 spiro atoms. The number of methoxy groups -OCH3 is 2. The summed E-state index contributed by atoms with van der Waals surface area (Å²) in [6.07, 6.45) is 5.05. The van der Waals surface area contributed by atoms with Crippen LogP contribution in [0.3, 0.4) is 0 Å². The molecule has 3 aliphatic rings. The molecule has 1 aromatic rings. The zero-order valence-electron chi connectivity index (χ0n) is 16.7. The van der Waals surface area contributed by atoms with Gasteiger partial charge in [-0.3, -0.25) is 14.5 Å². The van der Waals surface area contributed by atoms with Crippen molar-refractivity contribution in [2.45, 2.75) is 63.3 Å². The van der Waals surface area contributed by atoms with E-state index in [4.69, 9.17) is 14.2 Å². The second kappa shape index (κ2) is 7.93. The number of nitrogens with zero attached hydrogens (tertiary/aromatic N) is 1. The highest BCUT2D eigenvalue weighted by molar-refractivity contribution is 5.99. The molecule has 1 aromatic carbocycles. The molecule has 2 amide bonds. The molecule has 1 saturated heterocycles. The van der Waals surface area contributed by atoms with E-state index in [0.29, 0.717) is 17.7 Å². The first-order chi connectivity index (χ1) is 14.0. The lowest BCUT2D eigenvalue weighted by Crippen LogP contribution is -2.49. The van der Waals surface area contributed by atoms with E-state index in [2.05, 4.69) is 5.32 Å². The van der Waals surface area contributed by atoms with Crippen molar-refractivity contribution in [2.75, 3.05) is 14.2 Å². The zero-order chi connectivity index (χ0) is 20.5. The van der Waals surface area contributed by atoms with Crippen molar-refractivity contribution in [3.8, 4) is 11.5 Å². The van der Waals surface area contributed by atoms with Crippen LogP contribution in [0.1, 0.15) is 67.1 Å². The largest absolute Gasteiger partial charge is 0.493 e. The van der Waals surface area contributed by atoms with E-state index in [-0.39, 0.29) is 35.6 Å². The van der Waals surface area contributed by atoms with Gasteiger partial charge in [-0.15, -0.1) is 0 Å². The van der Waals surface area contributed by atoms with Gasteiger partial charge in [0.25, 0.3) is 0 Å². The van der Waals surface area contributed by atoms with E-state index < -0.39 is 18.2 Å². The highest BCUT2D eigenvalue weighted by Crippen LogP contribution is 2.45. The van der Waals surface area contributed by atoms with Gasteiger partial charge in [0.05, 0.1) is 14.2 Å². The van der Waals surface area contributed by atoms with Crippen molar-refractivity contribution in [1.29, 1.82) is 0 Å². The molecular weight excluding hydrogens is 376 g/mol. The number of fused-ring (bicyclic) bond motifs is 1. The number of carbonyl (C=O) groups excluding carboxylic acids is 3. The second-order valence-electron chi connectivity index (χ2n) is 7.72. The van der Waals surface area contributed by atoms with Gasteiger partial charge in [-0.2, -0.15) is 0 Å². The quantitative estimate of drug-likeness (QED) is 0.760. The Morgan fingerprint density at radius 2 is 1.86 bits per heavy atom. The van der Waals surface area contributed by atoms with Crippen LogP contribution in [0.4, 0.5) is 0 Å². The first-order valence-electron chi connectivity index (χ1n) is 10.1. The lowest BCUT2D eigenvalue weighted by Gasteiger charge is -2.31. The summed E-state index contributed by atoms with van der Waals surface area (Å²) in [5.41, 5.74) is 0.751. The Kier molecular flexibility index (Phi) is 5.34. The van der Waals surface area contributed by atoms with Gasteiger partial charge >= 0.3 is 5.97 Å². The molecule has 0 aromatic heterocycles. The van der Waals surface area contributed by atoms with Gasteiger partial charge in [-0.1, -0.05) is 19.3 Å². The molecule has 2 atom stereocenters. The molecule has 1 unspecified atom stereocenters. The van der Waals surface area contributed by atoms with Gasteiger partial charge in [0.2, 0.25) is 18.0 Å². The molecule has 8 heteroatoms. The van der Waals surface area contributed by atoms with Gasteiger partial charge < -0.3 is 19.5 Å². The average Bonchev–Trinajstić information content (AvgIpc) is 3.27. The Balaban J connectivity index is 1.61. The number of likely N-dealkylation sites (tertiary alicyclic amines) is 1. The fraction of sp³-hybridized carbons (Fsp3) is 0.571. The molecule has 2 aliphatic heterocycles. The molecular formula is C21H26N2O6. The Morgan fingerprint density at radius 3 is 2.55 bits per heavy atom. The third kappa shape index (κ3) is 3.41. The van der Waals surface area contributed by atoms with Gasteiger partial charge in [0, 0.05) is 18.0 Å². The Bertz CT molecular complexity index is 833. The number of hydrogen-bond acceptors (Lipinski definition) is 6. The average molecular weight is 402 g/mol. The molecule has 4 rings (SSSR count). The van der Waals surface area contributed by atoms with Gasteiger partial charge in [0.1, 0.15) is 11.6 Å². The van der Waals surface area contributed by atoms with Crippen LogP contribution in [0, 0.1) is 0 Å². The number of esters is 1. The molecule has 1 N–H and O–H groups in total. The van der Waals surface area contributed by atoms with Crippen molar-refractivity contribution >= 4 is 17.8 Å². The number of nitrogens with one attached hydrogen (secondary N) is 1. The first kappa shape index (κ1) is 19.5. The first-order valence-corrected chi connectivity index (χ1v) is 10.1. The van der Waals surface area contributed by atoms with Crippen LogP contribution < -0.4 is 14.8 Å². The number of hydrogen-bond donors (Lipinski definition) is 1. The van der Waals surface area contributed by atoms with Gasteiger partial charge in [-0.25, -0.2) is 4.79 Å². The summed E-state index contributed by atoms with van der Waals surface area (Å²) in [5, 5.41) is 3.09. The lowest BCUT2D eigenvalue weighted by molar-refractivity contribution is -0.146. The molecule has 2 fully saturated rings. The standard InChI is InChI=1S/C21H26N2O6/c1-27-15-10-8-13-17(18(15)28-2)21(26)29-20(13)23-14(9-11-16(23)24)19(25)22-12-6-4-3-5-7-12/h8,10,12,14,20H,3-7,9,11H2,1-2H3,(H,22,25)/t14-,20?/m0/s1. The zero-order valence-corrected chi connectivity index (χ0v) is 16.7. The molecule has 1 saturated carbocycles. The van der Waals surface area contributed by atoms with Crippen LogP contribution in [0.5, 0.6) is 11.5 Å². The van der Waals surface area contributed by atoms with Gasteiger partial charge in [-0.05, 0) is 31.4 Å². The van der Waals surface area contributed by atoms with Gasteiger partial charge in [0.15, 0.2) is 11.5 Å². The third-order valence-electron chi connectivity index (χ3n) is 6.03. The number of cyclic esters (lactones) is 1. The molecule has 8 nitrogen and oxygen atoms in total. The Morgan fingerprint density at radius 1 is 1.10 bits per heavy atom. The maximum absolute atomic E-state index is 13.0. The monoisotopic (exact) mass is 402 g/mol. The van der Waals surface area contributed by atoms with Crippen LogP contribution in [0.15, 0.2) is 12.1 Å². The summed E-state index contributed by atoms with van der Waals surface area (Å²) < 4.78 is 16.2. The minimum Gasteiger partial charge on any atom is -0.493 e. The summed E-state index contributed by atoms with van der Waals surface area (Å²) in [7, 11) is 2.93. The van der Waals surface area contributed by atoms with Crippen molar-refractivity contribution in [3.63, 3.8) is 0 Å². The number of benzene rings is 1. The van der Waals surface area contributed by atoms with Crippen molar-refractivity contribution < 1.29 is 28.6 Å². The van der Waals surface area contributed by atoms with Crippen LogP contribution >= 0.6 is 0 Å². The van der Waals surface area contributed by atoms with E-state index in [1.807, 2.05) is 0 Å². The second-order valence-corrected chi connectivity index (χ2v) is 7.72. The normalized spacial score (nSPS) is 24.3. The summed E-state index contributed by atoms with van der Waals surface area (Å²) >= 11 is 0. The Hall–Kier alpha value is -2.77. The highest BCUT2D eigenvalue weighted by Gasteiger charge is 2.48. The minimum absolute atomic E-state index is 0.150. The van der Waals surface area contributed by atoms with Crippen molar-refractivity contribution in [3.05, 3.63) is 23.3 Å². The summed E-state index contributed by atoms with van der Waals surface area (Å²) in [6, 6.07) is 2.86. The van der Waals surface area contributed by atoms with Crippen molar-refractivity contribution in [1.82, 2.24) is 10.2 Å². The number of carbonyl (C=O) groups is 3. The predicted molar refractivity (Wildman–Crippen MR) is 103 cm³/mol. The summed E-state index contributed by atoms with van der Waals surface area (Å²) in [4.78, 5) is 39.6. The lowest BCUT2D eigenvalue weighted by atomic mass is 9.95. The van der Waals surface area contributed by atoms with Crippen LogP contribution in [-0.4, -0.2) is 49.0 Å². The molecule has 29 heavy (non-hydrogen) atoms. The van der Waals surface area contributed by atoms with E-state index in [1.54, 1.807) is 12.1 Å². The molecule has 0 radical (unpaired) electrons.